The molecule has 2 saturated carbocycles. The van der Waals surface area contributed by atoms with E-state index in [-0.39, 0.29) is 11.4 Å². The lowest BCUT2D eigenvalue weighted by molar-refractivity contribution is -0.129. The van der Waals surface area contributed by atoms with Crippen molar-refractivity contribution in [2.45, 2.75) is 51.4 Å². The Balaban J connectivity index is 1.67. The van der Waals surface area contributed by atoms with E-state index in [0.717, 1.165) is 38.5 Å². The summed E-state index contributed by atoms with van der Waals surface area (Å²) in [5.74, 6) is 1.99. The maximum absolute atomic E-state index is 12.4. The van der Waals surface area contributed by atoms with Gasteiger partial charge in [-0.25, -0.2) is 4.79 Å². The number of esters is 1. The second-order valence-corrected chi connectivity index (χ2v) is 7.74. The molecule has 3 nitrogen and oxygen atoms in total. The molecule has 0 bridgehead atoms. The molecule has 23 heavy (non-hydrogen) atoms. The minimum atomic E-state index is -0.257. The van der Waals surface area contributed by atoms with E-state index in [1.165, 1.54) is 18.2 Å². The van der Waals surface area contributed by atoms with Crippen LogP contribution in [-0.2, 0) is 16.0 Å². The zero-order valence-corrected chi connectivity index (χ0v) is 13.9. The van der Waals surface area contributed by atoms with Gasteiger partial charge in [0.25, 0.3) is 0 Å². The van der Waals surface area contributed by atoms with Crippen molar-refractivity contribution in [1.29, 1.82) is 0 Å². The van der Waals surface area contributed by atoms with Crippen LogP contribution in [0.25, 0.3) is 0 Å². The number of hydrogen-bond acceptors (Lipinski definition) is 3. The number of benzene rings is 1. The van der Waals surface area contributed by atoms with Gasteiger partial charge in [-0.2, -0.15) is 0 Å². The third kappa shape index (κ3) is 2.09. The molecule has 4 atom stereocenters. The summed E-state index contributed by atoms with van der Waals surface area (Å²) in [5.41, 5.74) is 3.31. The molecule has 1 aromatic rings. The molecule has 0 aliphatic heterocycles. The van der Waals surface area contributed by atoms with Gasteiger partial charge in [0.1, 0.15) is 5.78 Å². The van der Waals surface area contributed by atoms with E-state index in [2.05, 4.69) is 13.0 Å². The fourth-order valence-electron chi connectivity index (χ4n) is 5.60. The van der Waals surface area contributed by atoms with Gasteiger partial charge in [0.15, 0.2) is 0 Å². The van der Waals surface area contributed by atoms with Crippen LogP contribution in [0.15, 0.2) is 18.2 Å². The Labute approximate surface area is 137 Å². The summed E-state index contributed by atoms with van der Waals surface area (Å²) in [6.07, 6.45) is 6.15. The zero-order chi connectivity index (χ0) is 16.2. The average molecular weight is 312 g/mol. The molecule has 1 aromatic carbocycles. The molecule has 0 heterocycles. The number of carbonyl (C=O) groups excluding carboxylic acids is 2. The van der Waals surface area contributed by atoms with E-state index in [1.54, 1.807) is 0 Å². The van der Waals surface area contributed by atoms with E-state index in [0.29, 0.717) is 29.1 Å². The standard InChI is InChI=1S/C20H24O3/c1-20-10-9-15-14-5-4-13(19(22)23-2)11-12(14)3-6-16(15)17(20)7-8-18(20)21/h4-5,11,15-17H,3,6-10H2,1-2H3/t15-,16-,17+,20+/m1/s1. The number of carbonyl (C=O) groups is 2. The minimum absolute atomic E-state index is 0.0649. The van der Waals surface area contributed by atoms with Gasteiger partial charge in [-0.15, -0.1) is 0 Å². The zero-order valence-electron chi connectivity index (χ0n) is 13.9. The molecule has 0 unspecified atom stereocenters. The van der Waals surface area contributed by atoms with Gasteiger partial charge >= 0.3 is 5.97 Å². The second kappa shape index (κ2) is 5.19. The molecule has 3 aliphatic rings. The predicted octanol–water partition coefficient (Wildman–Crippen LogP) is 3.90. The van der Waals surface area contributed by atoms with E-state index >= 15 is 0 Å². The average Bonchev–Trinajstić information content (AvgIpc) is 2.88. The molecule has 0 amide bonds. The highest BCUT2D eigenvalue weighted by Gasteiger charge is 2.54. The van der Waals surface area contributed by atoms with Crippen LogP contribution < -0.4 is 0 Å². The van der Waals surface area contributed by atoms with Crippen molar-refractivity contribution in [3.8, 4) is 0 Å². The highest BCUT2D eigenvalue weighted by atomic mass is 16.5. The van der Waals surface area contributed by atoms with Crippen LogP contribution in [0, 0.1) is 17.3 Å². The topological polar surface area (TPSA) is 43.4 Å². The molecule has 0 aromatic heterocycles. The Bertz CT molecular complexity index is 677. The van der Waals surface area contributed by atoms with Crippen molar-refractivity contribution >= 4 is 11.8 Å². The number of ketones is 1. The van der Waals surface area contributed by atoms with Crippen molar-refractivity contribution in [1.82, 2.24) is 0 Å². The van der Waals surface area contributed by atoms with Crippen LogP contribution in [0.5, 0.6) is 0 Å². The normalized spacial score (nSPS) is 35.2. The maximum Gasteiger partial charge on any atom is 0.337 e. The molecular weight excluding hydrogens is 288 g/mol. The van der Waals surface area contributed by atoms with Gasteiger partial charge in [0.05, 0.1) is 12.7 Å². The summed E-state index contributed by atoms with van der Waals surface area (Å²) in [4.78, 5) is 24.1. The number of ether oxygens (including phenoxy) is 1. The Morgan fingerprint density at radius 2 is 2.04 bits per heavy atom. The first-order valence-electron chi connectivity index (χ1n) is 8.79. The molecule has 0 saturated heterocycles. The number of Topliss-reactive ketones (excluding diaryl/α,β-unsaturated/α-hetero) is 1. The lowest BCUT2D eigenvalue weighted by atomic mass is 9.55. The molecule has 0 N–H and O–H groups in total. The number of methoxy groups -OCH3 is 1. The Morgan fingerprint density at radius 1 is 1.22 bits per heavy atom. The van der Waals surface area contributed by atoms with Crippen LogP contribution in [0.4, 0.5) is 0 Å². The highest BCUT2D eigenvalue weighted by Crippen LogP contribution is 2.59. The van der Waals surface area contributed by atoms with Crippen molar-refractivity contribution in [3.63, 3.8) is 0 Å². The largest absolute Gasteiger partial charge is 0.465 e. The number of fused-ring (bicyclic) bond motifs is 5. The van der Waals surface area contributed by atoms with E-state index in [1.807, 2.05) is 12.1 Å². The molecule has 3 heteroatoms. The third-order valence-electron chi connectivity index (χ3n) is 6.86. The van der Waals surface area contributed by atoms with E-state index in [9.17, 15) is 9.59 Å². The van der Waals surface area contributed by atoms with Gasteiger partial charge in [-0.1, -0.05) is 13.0 Å². The van der Waals surface area contributed by atoms with E-state index in [4.69, 9.17) is 4.74 Å². The monoisotopic (exact) mass is 312 g/mol. The number of rotatable bonds is 1. The highest BCUT2D eigenvalue weighted by molar-refractivity contribution is 5.89. The smallest absolute Gasteiger partial charge is 0.337 e. The second-order valence-electron chi connectivity index (χ2n) is 7.74. The van der Waals surface area contributed by atoms with Crippen LogP contribution in [0.1, 0.15) is 66.4 Å². The first-order chi connectivity index (χ1) is 11.0. The molecule has 0 radical (unpaired) electrons. The first-order valence-corrected chi connectivity index (χ1v) is 8.79. The predicted molar refractivity (Wildman–Crippen MR) is 87.4 cm³/mol. The lowest BCUT2D eigenvalue weighted by Gasteiger charge is -2.48. The van der Waals surface area contributed by atoms with Gasteiger partial charge < -0.3 is 4.74 Å². The van der Waals surface area contributed by atoms with Crippen LogP contribution >= 0.6 is 0 Å². The summed E-state index contributed by atoms with van der Waals surface area (Å²) in [6.45, 7) is 2.21. The van der Waals surface area contributed by atoms with Gasteiger partial charge in [-0.05, 0) is 73.1 Å². The summed E-state index contributed by atoms with van der Waals surface area (Å²) in [7, 11) is 1.43. The number of hydrogen-bond donors (Lipinski definition) is 0. The summed E-state index contributed by atoms with van der Waals surface area (Å²) in [6, 6.07) is 6.06. The molecule has 0 spiro atoms. The van der Waals surface area contributed by atoms with Gasteiger partial charge in [-0.3, -0.25) is 4.79 Å². The van der Waals surface area contributed by atoms with Crippen LogP contribution in [0.2, 0.25) is 0 Å². The summed E-state index contributed by atoms with van der Waals surface area (Å²) >= 11 is 0. The maximum atomic E-state index is 12.4. The molecule has 2 fully saturated rings. The molecular formula is C20H24O3. The van der Waals surface area contributed by atoms with Crippen molar-refractivity contribution in [2.24, 2.45) is 17.3 Å². The minimum Gasteiger partial charge on any atom is -0.465 e. The molecule has 3 aliphatic carbocycles. The lowest BCUT2D eigenvalue weighted by Crippen LogP contribution is -2.42. The fraction of sp³-hybridized carbons (Fsp3) is 0.600. The van der Waals surface area contributed by atoms with Gasteiger partial charge in [0, 0.05) is 11.8 Å². The Morgan fingerprint density at radius 3 is 2.83 bits per heavy atom. The SMILES string of the molecule is COC(=O)c1ccc2c(c1)CC[C@@H]1[C@@H]2CC[C@]2(C)C(=O)CC[C@@H]12. The van der Waals surface area contributed by atoms with E-state index < -0.39 is 0 Å². The molecule has 122 valence electrons. The Hall–Kier alpha value is -1.64. The van der Waals surface area contributed by atoms with Crippen molar-refractivity contribution < 1.29 is 14.3 Å². The molecule has 4 rings (SSSR count). The summed E-state index contributed by atoms with van der Waals surface area (Å²) in [5, 5.41) is 0. The third-order valence-corrected chi connectivity index (χ3v) is 6.86. The van der Waals surface area contributed by atoms with Crippen LogP contribution in [0.3, 0.4) is 0 Å². The van der Waals surface area contributed by atoms with Crippen molar-refractivity contribution in [2.75, 3.05) is 7.11 Å². The first kappa shape index (κ1) is 14.9. The van der Waals surface area contributed by atoms with Gasteiger partial charge in [0.2, 0.25) is 0 Å². The van der Waals surface area contributed by atoms with Crippen molar-refractivity contribution in [3.05, 3.63) is 34.9 Å². The number of aryl methyl sites for hydroxylation is 1. The summed E-state index contributed by atoms with van der Waals surface area (Å²) < 4.78 is 4.84. The quantitative estimate of drug-likeness (QED) is 0.739. The fourth-order valence-corrected chi connectivity index (χ4v) is 5.60. The Kier molecular flexibility index (Phi) is 3.36. The van der Waals surface area contributed by atoms with Crippen LogP contribution in [-0.4, -0.2) is 18.9 Å².